The molecule has 1 fully saturated rings. The van der Waals surface area contributed by atoms with Gasteiger partial charge in [-0.1, -0.05) is 18.2 Å². The van der Waals surface area contributed by atoms with E-state index < -0.39 is 0 Å². The first-order valence-electron chi connectivity index (χ1n) is 8.49. The largest absolute Gasteiger partial charge is 0.376 e. The van der Waals surface area contributed by atoms with E-state index in [1.165, 1.54) is 16.6 Å². The average Bonchev–Trinajstić information content (AvgIpc) is 3.21. The number of amides is 2. The van der Waals surface area contributed by atoms with Gasteiger partial charge < -0.3 is 19.9 Å². The molecule has 0 saturated carbocycles. The number of carbonyl (C=O) groups is 1. The molecule has 5 nitrogen and oxygen atoms in total. The van der Waals surface area contributed by atoms with Crippen LogP contribution in [0, 0.1) is 0 Å². The number of H-pyrrole nitrogens is 1. The Balaban J connectivity index is 1.50. The molecule has 2 aliphatic heterocycles. The van der Waals surface area contributed by atoms with Crippen molar-refractivity contribution in [3.63, 3.8) is 0 Å². The van der Waals surface area contributed by atoms with Crippen LogP contribution in [-0.2, 0) is 11.2 Å². The molecule has 2 aromatic rings. The summed E-state index contributed by atoms with van der Waals surface area (Å²) in [6, 6.07) is 8.45. The Morgan fingerprint density at radius 3 is 3.13 bits per heavy atom. The molecule has 3 heterocycles. The maximum atomic E-state index is 12.5. The highest BCUT2D eigenvalue weighted by molar-refractivity contribution is 5.86. The zero-order chi connectivity index (χ0) is 15.8. The van der Waals surface area contributed by atoms with Gasteiger partial charge in [-0.15, -0.1) is 0 Å². The van der Waals surface area contributed by atoms with Crippen molar-refractivity contribution >= 4 is 16.9 Å². The van der Waals surface area contributed by atoms with Crippen LogP contribution in [0.4, 0.5) is 4.79 Å². The van der Waals surface area contributed by atoms with Crippen LogP contribution in [0.2, 0.25) is 0 Å². The topological polar surface area (TPSA) is 57.4 Å². The number of aromatic nitrogens is 1. The van der Waals surface area contributed by atoms with E-state index in [1.54, 1.807) is 0 Å². The van der Waals surface area contributed by atoms with Crippen molar-refractivity contribution in [2.45, 2.75) is 38.3 Å². The summed E-state index contributed by atoms with van der Waals surface area (Å²) in [5, 5.41) is 4.32. The number of para-hydroxylation sites is 1. The van der Waals surface area contributed by atoms with E-state index in [0.717, 1.165) is 37.9 Å². The minimum Gasteiger partial charge on any atom is -0.376 e. The number of nitrogens with zero attached hydrogens (tertiary/aromatic N) is 1. The first-order valence-corrected chi connectivity index (χ1v) is 8.49. The summed E-state index contributed by atoms with van der Waals surface area (Å²) in [5.41, 5.74) is 3.69. The molecule has 0 aliphatic carbocycles. The Hall–Kier alpha value is -2.01. The number of fused-ring (bicyclic) bond motifs is 3. The van der Waals surface area contributed by atoms with Crippen molar-refractivity contribution in [2.75, 3.05) is 19.7 Å². The number of carbonyl (C=O) groups excluding carboxylic acids is 1. The second-order valence-electron chi connectivity index (χ2n) is 6.50. The van der Waals surface area contributed by atoms with E-state index in [9.17, 15) is 4.79 Å². The summed E-state index contributed by atoms with van der Waals surface area (Å²) in [6.45, 7) is 4.28. The van der Waals surface area contributed by atoms with Gasteiger partial charge in [0.05, 0.1) is 12.1 Å². The van der Waals surface area contributed by atoms with Crippen molar-refractivity contribution in [3.8, 4) is 0 Å². The number of aromatic amines is 1. The SMILES string of the molecule is CC1c2[nH]c3ccccc3c2CCN1C(=O)NCC1CCCO1. The van der Waals surface area contributed by atoms with Crippen molar-refractivity contribution in [1.29, 1.82) is 0 Å². The van der Waals surface area contributed by atoms with Gasteiger partial charge in [0.1, 0.15) is 0 Å². The van der Waals surface area contributed by atoms with E-state index in [2.05, 4.69) is 35.4 Å². The van der Waals surface area contributed by atoms with Gasteiger partial charge in [-0.25, -0.2) is 4.79 Å². The van der Waals surface area contributed by atoms with Crippen molar-refractivity contribution < 1.29 is 9.53 Å². The second kappa shape index (κ2) is 5.89. The summed E-state index contributed by atoms with van der Waals surface area (Å²) in [4.78, 5) is 18.0. The minimum absolute atomic E-state index is 0.0114. The molecular formula is C18H23N3O2. The molecule has 2 aliphatic rings. The van der Waals surface area contributed by atoms with Gasteiger partial charge in [0, 0.05) is 36.3 Å². The standard InChI is InChI=1S/C18H23N3O2/c1-12-17-15(14-6-2-3-7-16(14)20-17)8-9-21(12)18(22)19-11-13-5-4-10-23-13/h2-3,6-7,12-13,20H,4-5,8-11H2,1H3,(H,19,22). The summed E-state index contributed by atoms with van der Waals surface area (Å²) in [6.07, 6.45) is 3.22. The quantitative estimate of drug-likeness (QED) is 0.895. The van der Waals surface area contributed by atoms with Crippen LogP contribution in [0.15, 0.2) is 24.3 Å². The predicted octanol–water partition coefficient (Wildman–Crippen LogP) is 2.98. The number of hydrogen-bond donors (Lipinski definition) is 2. The molecule has 23 heavy (non-hydrogen) atoms. The smallest absolute Gasteiger partial charge is 0.318 e. The van der Waals surface area contributed by atoms with Gasteiger partial charge in [-0.2, -0.15) is 0 Å². The monoisotopic (exact) mass is 313 g/mol. The van der Waals surface area contributed by atoms with Crippen LogP contribution < -0.4 is 5.32 Å². The highest BCUT2D eigenvalue weighted by Gasteiger charge is 2.30. The van der Waals surface area contributed by atoms with Crippen LogP contribution in [0.25, 0.3) is 10.9 Å². The summed E-state index contributed by atoms with van der Waals surface area (Å²) in [5.74, 6) is 0. The molecule has 4 rings (SSSR count). The molecule has 1 aromatic carbocycles. The van der Waals surface area contributed by atoms with Crippen molar-refractivity contribution in [1.82, 2.24) is 15.2 Å². The van der Waals surface area contributed by atoms with Crippen molar-refractivity contribution in [3.05, 3.63) is 35.5 Å². The second-order valence-corrected chi connectivity index (χ2v) is 6.50. The Kier molecular flexibility index (Phi) is 3.73. The van der Waals surface area contributed by atoms with Crippen LogP contribution in [0.1, 0.15) is 37.1 Å². The Labute approximate surface area is 136 Å². The van der Waals surface area contributed by atoms with Crippen LogP contribution in [-0.4, -0.2) is 41.7 Å². The highest BCUT2D eigenvalue weighted by atomic mass is 16.5. The molecule has 122 valence electrons. The lowest BCUT2D eigenvalue weighted by Gasteiger charge is -2.33. The van der Waals surface area contributed by atoms with E-state index in [4.69, 9.17) is 4.74 Å². The first kappa shape index (κ1) is 14.6. The molecule has 0 spiro atoms. The predicted molar refractivity (Wildman–Crippen MR) is 89.5 cm³/mol. The molecule has 0 radical (unpaired) electrons. The molecular weight excluding hydrogens is 290 g/mol. The van der Waals surface area contributed by atoms with Gasteiger partial charge in [-0.05, 0) is 37.8 Å². The third kappa shape index (κ3) is 2.59. The molecule has 2 atom stereocenters. The number of ether oxygens (including phenoxy) is 1. The number of benzene rings is 1. The summed E-state index contributed by atoms with van der Waals surface area (Å²) >= 11 is 0. The van der Waals surface area contributed by atoms with Gasteiger partial charge in [-0.3, -0.25) is 0 Å². The fraction of sp³-hybridized carbons (Fsp3) is 0.500. The van der Waals surface area contributed by atoms with Crippen LogP contribution in [0.5, 0.6) is 0 Å². The summed E-state index contributed by atoms with van der Waals surface area (Å²) in [7, 11) is 0. The normalized spacial score (nSPS) is 24.0. The Morgan fingerprint density at radius 1 is 1.43 bits per heavy atom. The lowest BCUT2D eigenvalue weighted by atomic mass is 9.98. The van der Waals surface area contributed by atoms with Gasteiger partial charge >= 0.3 is 6.03 Å². The van der Waals surface area contributed by atoms with Crippen LogP contribution >= 0.6 is 0 Å². The number of hydrogen-bond acceptors (Lipinski definition) is 2. The van der Waals surface area contributed by atoms with Crippen molar-refractivity contribution in [2.24, 2.45) is 0 Å². The minimum atomic E-state index is 0.0114. The average molecular weight is 313 g/mol. The van der Waals surface area contributed by atoms with E-state index >= 15 is 0 Å². The lowest BCUT2D eigenvalue weighted by molar-refractivity contribution is 0.107. The maximum absolute atomic E-state index is 12.5. The first-order chi connectivity index (χ1) is 11.2. The Morgan fingerprint density at radius 2 is 2.30 bits per heavy atom. The third-order valence-electron chi connectivity index (χ3n) is 5.10. The van der Waals surface area contributed by atoms with Gasteiger partial charge in [0.25, 0.3) is 0 Å². The molecule has 2 N–H and O–H groups in total. The fourth-order valence-corrected chi connectivity index (χ4v) is 3.81. The zero-order valence-electron chi connectivity index (χ0n) is 13.5. The maximum Gasteiger partial charge on any atom is 0.318 e. The number of urea groups is 1. The number of nitrogens with one attached hydrogen (secondary N) is 2. The molecule has 1 saturated heterocycles. The molecule has 2 amide bonds. The lowest BCUT2D eigenvalue weighted by Crippen LogP contribution is -2.46. The third-order valence-corrected chi connectivity index (χ3v) is 5.10. The Bertz CT molecular complexity index is 718. The molecule has 1 aromatic heterocycles. The molecule has 0 bridgehead atoms. The molecule has 2 unspecified atom stereocenters. The molecule has 5 heteroatoms. The van der Waals surface area contributed by atoms with Crippen LogP contribution in [0.3, 0.4) is 0 Å². The number of rotatable bonds is 2. The van der Waals surface area contributed by atoms with E-state index in [0.29, 0.717) is 6.54 Å². The van der Waals surface area contributed by atoms with Gasteiger partial charge in [0.2, 0.25) is 0 Å². The van der Waals surface area contributed by atoms with E-state index in [-0.39, 0.29) is 18.2 Å². The summed E-state index contributed by atoms with van der Waals surface area (Å²) < 4.78 is 5.57. The fourth-order valence-electron chi connectivity index (χ4n) is 3.81. The zero-order valence-corrected chi connectivity index (χ0v) is 13.5. The highest BCUT2D eigenvalue weighted by Crippen LogP contribution is 2.34. The van der Waals surface area contributed by atoms with Gasteiger partial charge in [0.15, 0.2) is 0 Å². The van der Waals surface area contributed by atoms with E-state index in [1.807, 2.05) is 11.0 Å².